The van der Waals surface area contributed by atoms with Crippen LogP contribution in [0.15, 0.2) is 47.6 Å². The fraction of sp³-hybridized carbons (Fsp3) is 0.0833. The number of aromatic nitrogens is 1. The second-order valence-corrected chi connectivity index (χ2v) is 5.45. The van der Waals surface area contributed by atoms with Gasteiger partial charge >= 0.3 is 0 Å². The Kier molecular flexibility index (Phi) is 3.46. The molecule has 0 fully saturated rings. The number of nitriles is 1. The van der Waals surface area contributed by atoms with Crippen molar-refractivity contribution in [3.8, 4) is 6.07 Å². The Labute approximate surface area is 105 Å². The van der Waals surface area contributed by atoms with E-state index in [4.69, 9.17) is 5.26 Å². The van der Waals surface area contributed by atoms with Crippen molar-refractivity contribution in [2.24, 2.45) is 0 Å². The number of H-pyrrole nitrogens is 1. The first-order valence-electron chi connectivity index (χ1n) is 5.23. The molecule has 0 aliphatic heterocycles. The van der Waals surface area contributed by atoms with Gasteiger partial charge < -0.3 is 4.98 Å². The highest BCUT2D eigenvalue weighted by atomic mass is 32.2. The van der Waals surface area contributed by atoms with E-state index >= 15 is 0 Å². The second kappa shape index (κ2) is 5.04. The minimum absolute atomic E-state index is 0.150. The van der Waals surface area contributed by atoms with Crippen molar-refractivity contribution in [3.05, 3.63) is 53.9 Å². The Balaban J connectivity index is 2.13. The molecule has 0 unspecified atom stereocenters. The van der Waals surface area contributed by atoms with Crippen LogP contribution in [-0.2, 0) is 16.6 Å². The van der Waals surface area contributed by atoms with E-state index in [1.807, 2.05) is 6.07 Å². The van der Waals surface area contributed by atoms with E-state index in [9.17, 15) is 8.42 Å². The molecule has 1 aromatic heterocycles. The Hall–Kier alpha value is -2.10. The first-order valence-corrected chi connectivity index (χ1v) is 6.71. The van der Waals surface area contributed by atoms with E-state index in [1.165, 1.54) is 24.3 Å². The van der Waals surface area contributed by atoms with Crippen LogP contribution in [0.1, 0.15) is 11.1 Å². The summed E-state index contributed by atoms with van der Waals surface area (Å²) in [5.41, 5.74) is 1.28. The minimum atomic E-state index is -3.53. The highest BCUT2D eigenvalue weighted by molar-refractivity contribution is 7.89. The lowest BCUT2D eigenvalue weighted by molar-refractivity contribution is 0.581. The van der Waals surface area contributed by atoms with Gasteiger partial charge in [0, 0.05) is 18.9 Å². The van der Waals surface area contributed by atoms with Crippen LogP contribution in [0.3, 0.4) is 0 Å². The lowest BCUT2D eigenvalue weighted by atomic mass is 10.2. The number of hydrogen-bond acceptors (Lipinski definition) is 3. The fourth-order valence-corrected chi connectivity index (χ4v) is 2.46. The van der Waals surface area contributed by atoms with Gasteiger partial charge in [0.1, 0.15) is 0 Å². The van der Waals surface area contributed by atoms with Gasteiger partial charge in [-0.2, -0.15) is 5.26 Å². The molecule has 0 spiro atoms. The van der Waals surface area contributed by atoms with Gasteiger partial charge in [-0.05, 0) is 35.9 Å². The predicted molar refractivity (Wildman–Crippen MR) is 66.0 cm³/mol. The summed E-state index contributed by atoms with van der Waals surface area (Å²) in [4.78, 5) is 3.00. The molecule has 2 N–H and O–H groups in total. The number of nitrogens with zero attached hydrogens (tertiary/aromatic N) is 1. The van der Waals surface area contributed by atoms with Crippen LogP contribution >= 0.6 is 0 Å². The van der Waals surface area contributed by atoms with Gasteiger partial charge in [-0.1, -0.05) is 0 Å². The molecule has 2 rings (SSSR count). The largest absolute Gasteiger partial charge is 0.367 e. The van der Waals surface area contributed by atoms with Crippen LogP contribution in [0.5, 0.6) is 0 Å². The maximum Gasteiger partial charge on any atom is 0.240 e. The molecule has 0 aliphatic carbocycles. The molecule has 18 heavy (non-hydrogen) atoms. The molecule has 2 aromatic rings. The Bertz CT molecular complexity index is 652. The smallest absolute Gasteiger partial charge is 0.240 e. The highest BCUT2D eigenvalue weighted by Crippen LogP contribution is 2.10. The van der Waals surface area contributed by atoms with Crippen molar-refractivity contribution < 1.29 is 8.42 Å². The molecule has 0 saturated carbocycles. The number of rotatable bonds is 4. The molecule has 1 heterocycles. The average Bonchev–Trinajstić information content (AvgIpc) is 2.90. The molecule has 0 atom stereocenters. The summed E-state index contributed by atoms with van der Waals surface area (Å²) in [6.45, 7) is 0.228. The third-order valence-electron chi connectivity index (χ3n) is 2.42. The molecular weight excluding hydrogens is 250 g/mol. The molecule has 5 nitrogen and oxygen atoms in total. The average molecular weight is 261 g/mol. The summed E-state index contributed by atoms with van der Waals surface area (Å²) in [7, 11) is -3.53. The lowest BCUT2D eigenvalue weighted by Crippen LogP contribution is -2.22. The monoisotopic (exact) mass is 261 g/mol. The zero-order valence-electron chi connectivity index (χ0n) is 9.42. The Morgan fingerprint density at radius 3 is 2.50 bits per heavy atom. The third-order valence-corrected chi connectivity index (χ3v) is 3.84. The molecule has 6 heteroatoms. The van der Waals surface area contributed by atoms with Gasteiger partial charge in [0.15, 0.2) is 0 Å². The van der Waals surface area contributed by atoms with E-state index in [2.05, 4.69) is 9.71 Å². The van der Waals surface area contributed by atoms with Crippen molar-refractivity contribution >= 4 is 10.0 Å². The van der Waals surface area contributed by atoms with Crippen LogP contribution in [0.2, 0.25) is 0 Å². The van der Waals surface area contributed by atoms with Crippen molar-refractivity contribution in [1.29, 1.82) is 5.26 Å². The van der Waals surface area contributed by atoms with Crippen molar-refractivity contribution in [2.45, 2.75) is 11.4 Å². The van der Waals surface area contributed by atoms with Crippen LogP contribution in [0.25, 0.3) is 0 Å². The maximum atomic E-state index is 11.9. The SMILES string of the molecule is N#Cc1ccc(S(=O)(=O)NCc2cc[nH]c2)cc1. The van der Waals surface area contributed by atoms with E-state index in [-0.39, 0.29) is 11.4 Å². The van der Waals surface area contributed by atoms with Gasteiger partial charge in [-0.25, -0.2) is 13.1 Å². The van der Waals surface area contributed by atoms with Crippen LogP contribution in [0.4, 0.5) is 0 Å². The standard InChI is InChI=1S/C12H11N3O2S/c13-7-10-1-3-12(4-2-10)18(16,17)15-9-11-5-6-14-8-11/h1-6,8,14-15H,9H2. The van der Waals surface area contributed by atoms with Gasteiger partial charge in [0.25, 0.3) is 0 Å². The van der Waals surface area contributed by atoms with Crippen LogP contribution in [0, 0.1) is 11.3 Å². The Morgan fingerprint density at radius 1 is 1.22 bits per heavy atom. The molecule has 92 valence electrons. The summed E-state index contributed by atoms with van der Waals surface area (Å²) in [6.07, 6.45) is 3.45. The highest BCUT2D eigenvalue weighted by Gasteiger charge is 2.13. The zero-order chi connectivity index (χ0) is 13.0. The topological polar surface area (TPSA) is 85.8 Å². The molecule has 0 saturated heterocycles. The predicted octanol–water partition coefficient (Wildman–Crippen LogP) is 1.36. The molecule has 0 aliphatic rings. The second-order valence-electron chi connectivity index (χ2n) is 3.68. The zero-order valence-corrected chi connectivity index (χ0v) is 10.2. The summed E-state index contributed by atoms with van der Waals surface area (Å²) in [5, 5.41) is 8.64. The van der Waals surface area contributed by atoms with Crippen molar-refractivity contribution in [3.63, 3.8) is 0 Å². The molecule has 1 aromatic carbocycles. The summed E-state index contributed by atoms with van der Waals surface area (Å²) in [6, 6.07) is 9.52. The lowest BCUT2D eigenvalue weighted by Gasteiger charge is -2.05. The van der Waals surface area contributed by atoms with Gasteiger partial charge in [0.05, 0.1) is 16.5 Å². The number of benzene rings is 1. The van der Waals surface area contributed by atoms with Gasteiger partial charge in [-0.15, -0.1) is 0 Å². The van der Waals surface area contributed by atoms with Crippen LogP contribution in [-0.4, -0.2) is 13.4 Å². The quantitative estimate of drug-likeness (QED) is 0.871. The van der Waals surface area contributed by atoms with Crippen molar-refractivity contribution in [2.75, 3.05) is 0 Å². The van der Waals surface area contributed by atoms with Crippen molar-refractivity contribution in [1.82, 2.24) is 9.71 Å². The maximum absolute atomic E-state index is 11.9. The molecule has 0 amide bonds. The first-order chi connectivity index (χ1) is 8.62. The minimum Gasteiger partial charge on any atom is -0.367 e. The van der Waals surface area contributed by atoms with E-state index < -0.39 is 10.0 Å². The number of hydrogen-bond donors (Lipinski definition) is 2. The van der Waals surface area contributed by atoms with E-state index in [0.717, 1.165) is 5.56 Å². The molecule has 0 radical (unpaired) electrons. The van der Waals surface area contributed by atoms with E-state index in [1.54, 1.807) is 18.5 Å². The summed E-state index contributed by atoms with van der Waals surface area (Å²) < 4.78 is 26.3. The third kappa shape index (κ3) is 2.77. The normalized spacial score (nSPS) is 11.1. The van der Waals surface area contributed by atoms with Gasteiger partial charge in [0.2, 0.25) is 10.0 Å². The van der Waals surface area contributed by atoms with Crippen LogP contribution < -0.4 is 4.72 Å². The molecular formula is C12H11N3O2S. The fourth-order valence-electron chi connectivity index (χ4n) is 1.44. The van der Waals surface area contributed by atoms with E-state index in [0.29, 0.717) is 5.56 Å². The first kappa shape index (κ1) is 12.4. The van der Waals surface area contributed by atoms with Gasteiger partial charge in [-0.3, -0.25) is 0 Å². The summed E-state index contributed by atoms with van der Waals surface area (Å²) in [5.74, 6) is 0. The summed E-state index contributed by atoms with van der Waals surface area (Å²) >= 11 is 0. The Morgan fingerprint density at radius 2 is 1.94 bits per heavy atom. The molecule has 0 bridgehead atoms. The number of nitrogens with one attached hydrogen (secondary N) is 2. The number of aromatic amines is 1. The number of sulfonamides is 1.